The predicted octanol–water partition coefficient (Wildman–Crippen LogP) is 2.55. The molecule has 0 aliphatic carbocycles. The van der Waals surface area contributed by atoms with Crippen molar-refractivity contribution < 1.29 is 14.3 Å². The van der Waals surface area contributed by atoms with Gasteiger partial charge in [-0.05, 0) is 45.3 Å². The molecule has 86 valence electrons. The maximum absolute atomic E-state index is 11.2. The van der Waals surface area contributed by atoms with Crippen LogP contribution in [0.4, 0.5) is 0 Å². The summed E-state index contributed by atoms with van der Waals surface area (Å²) in [6.07, 6.45) is 3.33. The van der Waals surface area contributed by atoms with E-state index in [1.165, 1.54) is 11.8 Å². The zero-order chi connectivity index (χ0) is 11.8. The molecule has 0 aromatic carbocycles. The molecule has 0 unspecified atom stereocenters. The summed E-state index contributed by atoms with van der Waals surface area (Å²) in [6, 6.07) is 0. The van der Waals surface area contributed by atoms with E-state index in [2.05, 4.69) is 0 Å². The van der Waals surface area contributed by atoms with Crippen LogP contribution in [-0.2, 0) is 14.3 Å². The second-order valence-corrected chi connectivity index (χ2v) is 4.26. The average molecular weight is 248 g/mol. The van der Waals surface area contributed by atoms with Gasteiger partial charge in [0.15, 0.2) is 0 Å². The van der Waals surface area contributed by atoms with E-state index < -0.39 is 0 Å². The molecule has 0 spiro atoms. The van der Waals surface area contributed by atoms with Crippen molar-refractivity contribution in [2.75, 3.05) is 12.9 Å². The third-order valence-corrected chi connectivity index (χ3v) is 2.56. The van der Waals surface area contributed by atoms with Gasteiger partial charge in [-0.25, -0.2) is 4.79 Å². The first-order chi connectivity index (χ1) is 7.01. The normalized spacial score (nSPS) is 13.2. The molecule has 0 aliphatic rings. The van der Waals surface area contributed by atoms with Gasteiger partial charge in [0.05, 0.1) is 6.61 Å². The maximum Gasteiger partial charge on any atom is 0.333 e. The summed E-state index contributed by atoms with van der Waals surface area (Å²) in [4.78, 5) is 11.2. The Kier molecular flexibility index (Phi) is 7.42. The standard InChI is InChI=1S/C10H16O3S2/c1-5-12-9(11)7(2)6-8(3)13-10(14)15-4/h6,8H,5H2,1-4H3/b7-6+/t8-/m1/s1. The van der Waals surface area contributed by atoms with Gasteiger partial charge >= 0.3 is 5.97 Å². The van der Waals surface area contributed by atoms with Crippen molar-refractivity contribution in [3.63, 3.8) is 0 Å². The number of ether oxygens (including phenoxy) is 2. The lowest BCUT2D eigenvalue weighted by atomic mass is 10.2. The fourth-order valence-corrected chi connectivity index (χ4v) is 1.30. The van der Waals surface area contributed by atoms with Gasteiger partial charge in [0.1, 0.15) is 6.10 Å². The maximum atomic E-state index is 11.2. The van der Waals surface area contributed by atoms with E-state index in [-0.39, 0.29) is 12.1 Å². The SMILES string of the molecule is CCOC(=O)/C(C)=C/[C@@H](C)OC(=S)SC. The molecule has 0 saturated heterocycles. The number of thioether (sulfide) groups is 1. The molecule has 0 aromatic heterocycles. The molecule has 0 aromatic rings. The summed E-state index contributed by atoms with van der Waals surface area (Å²) in [6.45, 7) is 5.67. The molecule has 0 N–H and O–H groups in total. The molecule has 0 aliphatic heterocycles. The second kappa shape index (κ2) is 7.70. The van der Waals surface area contributed by atoms with E-state index >= 15 is 0 Å². The zero-order valence-electron chi connectivity index (χ0n) is 9.40. The lowest BCUT2D eigenvalue weighted by molar-refractivity contribution is -0.138. The molecular weight excluding hydrogens is 232 g/mol. The van der Waals surface area contributed by atoms with Crippen LogP contribution in [-0.4, -0.2) is 29.3 Å². The summed E-state index contributed by atoms with van der Waals surface area (Å²) in [5, 5.41) is 0. The molecule has 15 heavy (non-hydrogen) atoms. The minimum Gasteiger partial charge on any atom is -0.471 e. The van der Waals surface area contributed by atoms with Crippen LogP contribution >= 0.6 is 24.0 Å². The Bertz CT molecular complexity index is 261. The summed E-state index contributed by atoms with van der Waals surface area (Å²) < 4.78 is 10.6. The molecule has 0 heterocycles. The molecule has 0 rings (SSSR count). The Morgan fingerprint density at radius 1 is 1.60 bits per heavy atom. The van der Waals surface area contributed by atoms with Crippen LogP contribution in [0.2, 0.25) is 0 Å². The lowest BCUT2D eigenvalue weighted by Gasteiger charge is -2.10. The first-order valence-corrected chi connectivity index (χ1v) is 6.24. The van der Waals surface area contributed by atoms with Crippen LogP contribution in [0.3, 0.4) is 0 Å². The number of hydrogen-bond donors (Lipinski definition) is 0. The molecule has 1 atom stereocenters. The number of thiocarbonyl (C=S) groups is 1. The second-order valence-electron chi connectivity index (χ2n) is 2.85. The Morgan fingerprint density at radius 2 is 2.20 bits per heavy atom. The fraction of sp³-hybridized carbons (Fsp3) is 0.600. The quantitative estimate of drug-likeness (QED) is 0.434. The van der Waals surface area contributed by atoms with Crippen LogP contribution in [0.1, 0.15) is 20.8 Å². The smallest absolute Gasteiger partial charge is 0.333 e. The fourth-order valence-electron chi connectivity index (χ4n) is 0.899. The Labute approximate surface area is 100 Å². The zero-order valence-corrected chi connectivity index (χ0v) is 11.0. The highest BCUT2D eigenvalue weighted by molar-refractivity contribution is 8.22. The monoisotopic (exact) mass is 248 g/mol. The van der Waals surface area contributed by atoms with Crippen LogP contribution in [0.15, 0.2) is 11.6 Å². The van der Waals surface area contributed by atoms with Crippen molar-refractivity contribution >= 4 is 34.3 Å². The van der Waals surface area contributed by atoms with Crippen molar-refractivity contribution in [3.05, 3.63) is 11.6 Å². The van der Waals surface area contributed by atoms with Crippen molar-refractivity contribution in [3.8, 4) is 0 Å². The molecular formula is C10H16O3S2. The lowest BCUT2D eigenvalue weighted by Crippen LogP contribution is -2.12. The van der Waals surface area contributed by atoms with Gasteiger partial charge in [0.25, 0.3) is 0 Å². The number of hydrogen-bond acceptors (Lipinski definition) is 5. The van der Waals surface area contributed by atoms with Crippen molar-refractivity contribution in [2.45, 2.75) is 26.9 Å². The topological polar surface area (TPSA) is 35.5 Å². The molecule has 0 saturated carbocycles. The molecule has 0 radical (unpaired) electrons. The number of esters is 1. The van der Waals surface area contributed by atoms with Gasteiger partial charge in [-0.15, -0.1) is 0 Å². The van der Waals surface area contributed by atoms with Gasteiger partial charge in [0.2, 0.25) is 4.38 Å². The van der Waals surface area contributed by atoms with E-state index in [9.17, 15) is 4.79 Å². The van der Waals surface area contributed by atoms with Crippen LogP contribution in [0, 0.1) is 0 Å². The minimum absolute atomic E-state index is 0.214. The third-order valence-electron chi connectivity index (χ3n) is 1.53. The Morgan fingerprint density at radius 3 is 2.67 bits per heavy atom. The molecule has 5 heteroatoms. The Hall–Kier alpha value is -0.550. The predicted molar refractivity (Wildman–Crippen MR) is 67.1 cm³/mol. The van der Waals surface area contributed by atoms with E-state index in [0.717, 1.165) is 0 Å². The van der Waals surface area contributed by atoms with E-state index in [1.54, 1.807) is 19.9 Å². The van der Waals surface area contributed by atoms with Crippen LogP contribution < -0.4 is 0 Å². The van der Waals surface area contributed by atoms with Crippen LogP contribution in [0.5, 0.6) is 0 Å². The first-order valence-electron chi connectivity index (χ1n) is 4.61. The highest BCUT2D eigenvalue weighted by atomic mass is 32.2. The highest BCUT2D eigenvalue weighted by Crippen LogP contribution is 2.07. The highest BCUT2D eigenvalue weighted by Gasteiger charge is 2.08. The number of rotatable bonds is 4. The van der Waals surface area contributed by atoms with E-state index in [4.69, 9.17) is 21.7 Å². The third kappa shape index (κ3) is 6.52. The van der Waals surface area contributed by atoms with Gasteiger partial charge < -0.3 is 9.47 Å². The van der Waals surface area contributed by atoms with Crippen molar-refractivity contribution in [2.24, 2.45) is 0 Å². The first kappa shape index (κ1) is 14.5. The van der Waals surface area contributed by atoms with E-state index in [1.807, 2.05) is 13.2 Å². The van der Waals surface area contributed by atoms with Crippen molar-refractivity contribution in [1.29, 1.82) is 0 Å². The summed E-state index contributed by atoms with van der Waals surface area (Å²) in [5.74, 6) is -0.317. The number of carbonyl (C=O) groups is 1. The van der Waals surface area contributed by atoms with E-state index in [0.29, 0.717) is 16.6 Å². The molecule has 0 bridgehead atoms. The average Bonchev–Trinajstić information content (AvgIpc) is 2.17. The Balaban J connectivity index is 4.22. The minimum atomic E-state index is -0.317. The molecule has 0 amide bonds. The summed E-state index contributed by atoms with van der Waals surface area (Å²) >= 11 is 6.26. The van der Waals surface area contributed by atoms with Gasteiger partial charge in [-0.1, -0.05) is 11.8 Å². The van der Waals surface area contributed by atoms with Crippen LogP contribution in [0.25, 0.3) is 0 Å². The summed E-state index contributed by atoms with van der Waals surface area (Å²) in [5.41, 5.74) is 0.535. The molecule has 0 fully saturated rings. The summed E-state index contributed by atoms with van der Waals surface area (Å²) in [7, 11) is 0. The van der Waals surface area contributed by atoms with Gasteiger partial charge in [-0.2, -0.15) is 0 Å². The number of carbonyl (C=O) groups excluding carboxylic acids is 1. The van der Waals surface area contributed by atoms with Gasteiger partial charge in [0, 0.05) is 5.57 Å². The van der Waals surface area contributed by atoms with Crippen molar-refractivity contribution in [1.82, 2.24) is 0 Å². The largest absolute Gasteiger partial charge is 0.471 e. The van der Waals surface area contributed by atoms with Gasteiger partial charge in [-0.3, -0.25) is 0 Å². The molecule has 3 nitrogen and oxygen atoms in total.